The van der Waals surface area contributed by atoms with E-state index in [0.29, 0.717) is 4.60 Å². The van der Waals surface area contributed by atoms with E-state index in [1.165, 1.54) is 6.07 Å². The van der Waals surface area contributed by atoms with E-state index in [1.807, 2.05) is 0 Å². The standard InChI is InChI=1S/C8H5BrN4O/c9-8-4-3-7(14)6(12-8)2-1-5-11-13-10/h3-4,14H,5H2. The molecule has 1 heterocycles. The molecule has 0 unspecified atom stereocenters. The number of halogens is 1. The van der Waals surface area contributed by atoms with Crippen molar-refractivity contribution in [3.05, 3.63) is 32.9 Å². The minimum atomic E-state index is 0.00152. The van der Waals surface area contributed by atoms with Crippen LogP contribution in [0.2, 0.25) is 0 Å². The van der Waals surface area contributed by atoms with Crippen molar-refractivity contribution < 1.29 is 5.11 Å². The van der Waals surface area contributed by atoms with Gasteiger partial charge in [-0.3, -0.25) is 0 Å². The van der Waals surface area contributed by atoms with Gasteiger partial charge in [0.05, 0.1) is 6.54 Å². The Labute approximate surface area is 88.5 Å². The Balaban J connectivity index is 2.88. The molecule has 0 radical (unpaired) electrons. The molecule has 0 aliphatic rings. The lowest BCUT2D eigenvalue weighted by molar-refractivity contribution is 0.470. The van der Waals surface area contributed by atoms with Gasteiger partial charge in [-0.15, -0.1) is 0 Å². The molecular weight excluding hydrogens is 248 g/mol. The van der Waals surface area contributed by atoms with Crippen LogP contribution in [-0.4, -0.2) is 16.6 Å². The number of azide groups is 1. The smallest absolute Gasteiger partial charge is 0.156 e. The molecule has 1 N–H and O–H groups in total. The van der Waals surface area contributed by atoms with Crippen LogP contribution in [0.4, 0.5) is 0 Å². The lowest BCUT2D eigenvalue weighted by atomic mass is 10.3. The maximum atomic E-state index is 9.30. The summed E-state index contributed by atoms with van der Waals surface area (Å²) in [5, 5.41) is 12.5. The summed E-state index contributed by atoms with van der Waals surface area (Å²) in [6.45, 7) is 0.0597. The van der Waals surface area contributed by atoms with Gasteiger partial charge in [0, 0.05) is 4.91 Å². The van der Waals surface area contributed by atoms with Crippen molar-refractivity contribution in [2.24, 2.45) is 5.11 Å². The fraction of sp³-hybridized carbons (Fsp3) is 0.125. The molecule has 14 heavy (non-hydrogen) atoms. The summed E-state index contributed by atoms with van der Waals surface area (Å²) in [7, 11) is 0. The van der Waals surface area contributed by atoms with Crippen LogP contribution >= 0.6 is 15.9 Å². The number of aromatic nitrogens is 1. The summed E-state index contributed by atoms with van der Waals surface area (Å²) in [4.78, 5) is 6.47. The molecule has 0 atom stereocenters. The molecule has 6 heteroatoms. The summed E-state index contributed by atoms with van der Waals surface area (Å²) in [6, 6.07) is 3.09. The normalized spacial score (nSPS) is 8.36. The second kappa shape index (κ2) is 5.12. The van der Waals surface area contributed by atoms with Crippen LogP contribution in [0, 0.1) is 11.8 Å². The molecule has 0 amide bonds. The van der Waals surface area contributed by atoms with Crippen molar-refractivity contribution in [3.63, 3.8) is 0 Å². The second-order valence-corrected chi connectivity index (χ2v) is 3.00. The Kier molecular flexibility index (Phi) is 3.80. The molecule has 0 aromatic carbocycles. The molecule has 5 nitrogen and oxygen atoms in total. The number of nitrogens with zero attached hydrogens (tertiary/aromatic N) is 4. The quantitative estimate of drug-likeness (QED) is 0.273. The van der Waals surface area contributed by atoms with Crippen molar-refractivity contribution in [1.29, 1.82) is 0 Å². The Bertz CT molecular complexity index is 442. The van der Waals surface area contributed by atoms with Gasteiger partial charge in [-0.2, -0.15) is 0 Å². The van der Waals surface area contributed by atoms with Gasteiger partial charge in [0.25, 0.3) is 0 Å². The van der Waals surface area contributed by atoms with Gasteiger partial charge >= 0.3 is 0 Å². The molecule has 1 rings (SSSR count). The fourth-order valence-electron chi connectivity index (χ4n) is 0.710. The summed E-state index contributed by atoms with van der Waals surface area (Å²) in [6.07, 6.45) is 0. The van der Waals surface area contributed by atoms with Crippen LogP contribution < -0.4 is 0 Å². The first-order valence-electron chi connectivity index (χ1n) is 3.59. The first kappa shape index (κ1) is 10.4. The molecule has 1 aromatic rings. The van der Waals surface area contributed by atoms with Crippen molar-refractivity contribution in [3.8, 4) is 17.6 Å². The number of hydrogen-bond acceptors (Lipinski definition) is 3. The van der Waals surface area contributed by atoms with E-state index >= 15 is 0 Å². The topological polar surface area (TPSA) is 81.9 Å². The van der Waals surface area contributed by atoms with Gasteiger partial charge in [-0.25, -0.2) is 4.98 Å². The molecule has 70 valence electrons. The first-order chi connectivity index (χ1) is 6.74. The summed E-state index contributed by atoms with van der Waals surface area (Å²) in [5.41, 5.74) is 8.24. The second-order valence-electron chi connectivity index (χ2n) is 2.19. The minimum absolute atomic E-state index is 0.00152. The molecule has 0 saturated heterocycles. The molecule has 0 fully saturated rings. The zero-order chi connectivity index (χ0) is 10.4. The van der Waals surface area contributed by atoms with Crippen molar-refractivity contribution in [2.75, 3.05) is 6.54 Å². The lowest BCUT2D eigenvalue weighted by Gasteiger charge is -1.95. The zero-order valence-corrected chi connectivity index (χ0v) is 8.56. The third kappa shape index (κ3) is 2.98. The predicted octanol–water partition coefficient (Wildman–Crippen LogP) is 2.21. The Morgan fingerprint density at radius 1 is 1.64 bits per heavy atom. The van der Waals surface area contributed by atoms with Crippen LogP contribution in [0.3, 0.4) is 0 Å². The molecule has 0 saturated carbocycles. The van der Waals surface area contributed by atoms with Crippen LogP contribution in [0.5, 0.6) is 5.75 Å². The highest BCUT2D eigenvalue weighted by Gasteiger charge is 1.98. The van der Waals surface area contributed by atoms with Crippen LogP contribution in [-0.2, 0) is 0 Å². The van der Waals surface area contributed by atoms with E-state index < -0.39 is 0 Å². The van der Waals surface area contributed by atoms with Crippen molar-refractivity contribution in [2.45, 2.75) is 0 Å². The van der Waals surface area contributed by atoms with E-state index in [4.69, 9.17) is 5.53 Å². The monoisotopic (exact) mass is 252 g/mol. The molecule has 0 aliphatic heterocycles. The van der Waals surface area contributed by atoms with E-state index in [0.717, 1.165) is 0 Å². The highest BCUT2D eigenvalue weighted by molar-refractivity contribution is 9.10. The largest absolute Gasteiger partial charge is 0.505 e. The predicted molar refractivity (Wildman–Crippen MR) is 54.5 cm³/mol. The molecular formula is C8H5BrN4O. The maximum Gasteiger partial charge on any atom is 0.156 e. The average Bonchev–Trinajstić information content (AvgIpc) is 2.18. The van der Waals surface area contributed by atoms with E-state index in [-0.39, 0.29) is 18.0 Å². The van der Waals surface area contributed by atoms with E-state index in [9.17, 15) is 5.11 Å². The third-order valence-electron chi connectivity index (χ3n) is 1.26. The molecule has 1 aromatic heterocycles. The van der Waals surface area contributed by atoms with Gasteiger partial charge < -0.3 is 5.11 Å². The fourth-order valence-corrected chi connectivity index (χ4v) is 1.02. The molecule has 0 aliphatic carbocycles. The number of pyridine rings is 1. The number of rotatable bonds is 1. The average molecular weight is 253 g/mol. The van der Waals surface area contributed by atoms with Gasteiger partial charge in [0.1, 0.15) is 10.4 Å². The Morgan fingerprint density at radius 3 is 3.14 bits per heavy atom. The van der Waals surface area contributed by atoms with Crippen LogP contribution in [0.15, 0.2) is 21.9 Å². The van der Waals surface area contributed by atoms with E-state index in [1.54, 1.807) is 6.07 Å². The van der Waals surface area contributed by atoms with Gasteiger partial charge in [0.2, 0.25) is 0 Å². The van der Waals surface area contributed by atoms with Crippen molar-refractivity contribution in [1.82, 2.24) is 4.98 Å². The molecule has 0 spiro atoms. The van der Waals surface area contributed by atoms with E-state index in [2.05, 4.69) is 42.8 Å². The third-order valence-corrected chi connectivity index (χ3v) is 1.70. The SMILES string of the molecule is [N-]=[N+]=NCC#Cc1nc(Br)ccc1O. The Hall–Kier alpha value is -1.70. The summed E-state index contributed by atoms with van der Waals surface area (Å²) in [5.74, 6) is 5.14. The minimum Gasteiger partial charge on any atom is -0.505 e. The summed E-state index contributed by atoms with van der Waals surface area (Å²) < 4.78 is 0.586. The summed E-state index contributed by atoms with van der Waals surface area (Å²) >= 11 is 3.15. The Morgan fingerprint density at radius 2 is 2.43 bits per heavy atom. The maximum absolute atomic E-state index is 9.30. The lowest BCUT2D eigenvalue weighted by Crippen LogP contribution is -1.84. The highest BCUT2D eigenvalue weighted by atomic mass is 79.9. The van der Waals surface area contributed by atoms with Gasteiger partial charge in [0.15, 0.2) is 5.69 Å². The van der Waals surface area contributed by atoms with Gasteiger partial charge in [-0.05, 0) is 39.5 Å². The van der Waals surface area contributed by atoms with Crippen LogP contribution in [0.1, 0.15) is 5.69 Å². The van der Waals surface area contributed by atoms with Crippen LogP contribution in [0.25, 0.3) is 10.4 Å². The number of hydrogen-bond donors (Lipinski definition) is 1. The molecule has 0 bridgehead atoms. The number of aromatic hydroxyl groups is 1. The first-order valence-corrected chi connectivity index (χ1v) is 4.38. The van der Waals surface area contributed by atoms with Crippen molar-refractivity contribution >= 4 is 15.9 Å². The van der Waals surface area contributed by atoms with Gasteiger partial charge in [-0.1, -0.05) is 11.0 Å². The highest BCUT2D eigenvalue weighted by Crippen LogP contribution is 2.16. The zero-order valence-electron chi connectivity index (χ0n) is 6.98.